The minimum Gasteiger partial charge on any atom is -0.497 e. The first-order valence-corrected chi connectivity index (χ1v) is 7.31. The number of benzene rings is 2. The Morgan fingerprint density at radius 2 is 1.46 bits per heavy atom. The van der Waals surface area contributed by atoms with Crippen molar-refractivity contribution in [2.75, 3.05) is 35.5 Å². The molecule has 0 bridgehead atoms. The van der Waals surface area contributed by atoms with Gasteiger partial charge in [0.05, 0.1) is 28.4 Å². The maximum Gasteiger partial charge on any atom is 0.203 e. The van der Waals surface area contributed by atoms with Gasteiger partial charge in [-0.25, -0.2) is 0 Å². The Labute approximate surface area is 149 Å². The van der Waals surface area contributed by atoms with Crippen LogP contribution in [0.3, 0.4) is 0 Å². The van der Waals surface area contributed by atoms with Gasteiger partial charge in [-0.05, 0) is 42.4 Å². The lowest BCUT2D eigenvalue weighted by Crippen LogP contribution is -2.07. The molecule has 0 radical (unpaired) electrons. The van der Waals surface area contributed by atoms with E-state index in [1.807, 2.05) is 37.4 Å². The van der Waals surface area contributed by atoms with E-state index in [1.165, 1.54) is 0 Å². The second-order valence-electron chi connectivity index (χ2n) is 4.94. The maximum atomic E-state index is 5.60. The van der Waals surface area contributed by atoms with E-state index in [0.717, 1.165) is 22.4 Å². The Morgan fingerprint density at radius 3 is 2.00 bits per heavy atom. The van der Waals surface area contributed by atoms with Crippen LogP contribution in [0.2, 0.25) is 0 Å². The molecule has 0 unspecified atom stereocenters. The van der Waals surface area contributed by atoms with Crippen LogP contribution >= 0.6 is 12.4 Å². The van der Waals surface area contributed by atoms with E-state index in [4.69, 9.17) is 18.9 Å². The molecular formula is C18H24ClNO4. The number of hydrogen-bond acceptors (Lipinski definition) is 5. The predicted molar refractivity (Wildman–Crippen MR) is 98.1 cm³/mol. The topological polar surface area (TPSA) is 49.0 Å². The third-order valence-electron chi connectivity index (χ3n) is 3.67. The molecule has 0 aliphatic heterocycles. The van der Waals surface area contributed by atoms with Crippen LogP contribution in [-0.4, -0.2) is 35.5 Å². The zero-order chi connectivity index (χ0) is 16.8. The highest BCUT2D eigenvalue weighted by molar-refractivity contribution is 5.85. The minimum absolute atomic E-state index is 0. The lowest BCUT2D eigenvalue weighted by Gasteiger charge is -2.18. The van der Waals surface area contributed by atoms with E-state index in [1.54, 1.807) is 28.4 Å². The van der Waals surface area contributed by atoms with Crippen molar-refractivity contribution < 1.29 is 18.9 Å². The monoisotopic (exact) mass is 353 g/mol. The van der Waals surface area contributed by atoms with Crippen LogP contribution in [-0.2, 0) is 6.54 Å². The average Bonchev–Trinajstić information content (AvgIpc) is 2.60. The number of methoxy groups -OCH3 is 4. The predicted octanol–water partition coefficient (Wildman–Crippen LogP) is 3.53. The molecule has 0 atom stereocenters. The van der Waals surface area contributed by atoms with Crippen LogP contribution in [0.1, 0.15) is 5.56 Å². The van der Waals surface area contributed by atoms with Crippen molar-refractivity contribution in [2.45, 2.75) is 6.54 Å². The number of rotatable bonds is 7. The molecule has 2 aromatic rings. The molecule has 5 nitrogen and oxygen atoms in total. The van der Waals surface area contributed by atoms with E-state index in [0.29, 0.717) is 23.8 Å². The number of nitrogens with one attached hydrogen (secondary N) is 1. The van der Waals surface area contributed by atoms with Crippen molar-refractivity contribution in [3.8, 4) is 34.1 Å². The smallest absolute Gasteiger partial charge is 0.203 e. The molecule has 0 saturated heterocycles. The van der Waals surface area contributed by atoms with Crippen LogP contribution in [0.5, 0.6) is 23.0 Å². The fraction of sp³-hybridized carbons (Fsp3) is 0.333. The van der Waals surface area contributed by atoms with Crippen molar-refractivity contribution >= 4 is 12.4 Å². The molecule has 2 aromatic carbocycles. The molecule has 0 amide bonds. The maximum absolute atomic E-state index is 5.60. The summed E-state index contributed by atoms with van der Waals surface area (Å²) in [6.45, 7) is 0.712. The second-order valence-corrected chi connectivity index (χ2v) is 4.94. The molecular weight excluding hydrogens is 330 g/mol. The summed E-state index contributed by atoms with van der Waals surface area (Å²) < 4.78 is 21.7. The summed E-state index contributed by atoms with van der Waals surface area (Å²) in [5, 5.41) is 3.18. The van der Waals surface area contributed by atoms with E-state index < -0.39 is 0 Å². The van der Waals surface area contributed by atoms with Crippen LogP contribution in [0.25, 0.3) is 11.1 Å². The van der Waals surface area contributed by atoms with Crippen molar-refractivity contribution in [3.63, 3.8) is 0 Å². The Hall–Kier alpha value is -2.11. The Kier molecular flexibility index (Phi) is 7.68. The molecule has 0 heterocycles. The third-order valence-corrected chi connectivity index (χ3v) is 3.67. The molecule has 24 heavy (non-hydrogen) atoms. The fourth-order valence-electron chi connectivity index (χ4n) is 2.61. The zero-order valence-corrected chi connectivity index (χ0v) is 15.5. The molecule has 6 heteroatoms. The second kappa shape index (κ2) is 9.25. The number of halogens is 1. The molecule has 0 aromatic heterocycles. The van der Waals surface area contributed by atoms with Crippen LogP contribution in [0.4, 0.5) is 0 Å². The van der Waals surface area contributed by atoms with Crippen molar-refractivity contribution in [3.05, 3.63) is 35.9 Å². The Bertz CT molecular complexity index is 676. The van der Waals surface area contributed by atoms with Gasteiger partial charge in [-0.3, -0.25) is 0 Å². The highest BCUT2D eigenvalue weighted by atomic mass is 35.5. The Morgan fingerprint density at radius 1 is 0.792 bits per heavy atom. The van der Waals surface area contributed by atoms with Gasteiger partial charge < -0.3 is 24.3 Å². The molecule has 0 saturated carbocycles. The van der Waals surface area contributed by atoms with Gasteiger partial charge in [0.15, 0.2) is 11.5 Å². The van der Waals surface area contributed by atoms with Gasteiger partial charge in [0.25, 0.3) is 0 Å². The van der Waals surface area contributed by atoms with Gasteiger partial charge >= 0.3 is 0 Å². The molecule has 0 spiro atoms. The summed E-state index contributed by atoms with van der Waals surface area (Å²) in [6.07, 6.45) is 0. The normalized spacial score (nSPS) is 9.88. The van der Waals surface area contributed by atoms with Gasteiger partial charge in [0.1, 0.15) is 5.75 Å². The highest BCUT2D eigenvalue weighted by Gasteiger charge is 2.19. The number of hydrogen-bond donors (Lipinski definition) is 1. The van der Waals surface area contributed by atoms with Crippen LogP contribution < -0.4 is 24.3 Å². The summed E-state index contributed by atoms with van der Waals surface area (Å²) in [5.74, 6) is 2.68. The van der Waals surface area contributed by atoms with Crippen LogP contribution in [0.15, 0.2) is 30.3 Å². The zero-order valence-electron chi connectivity index (χ0n) is 14.6. The summed E-state index contributed by atoms with van der Waals surface area (Å²) in [4.78, 5) is 0. The quantitative estimate of drug-likeness (QED) is 0.825. The lowest BCUT2D eigenvalue weighted by atomic mass is 9.97. The van der Waals surface area contributed by atoms with E-state index in [2.05, 4.69) is 5.32 Å². The number of ether oxygens (including phenoxy) is 4. The largest absolute Gasteiger partial charge is 0.497 e. The molecule has 0 fully saturated rings. The first-order valence-electron chi connectivity index (χ1n) is 7.31. The van der Waals surface area contributed by atoms with Crippen LogP contribution in [0, 0.1) is 0 Å². The molecule has 132 valence electrons. The summed E-state index contributed by atoms with van der Waals surface area (Å²) in [7, 11) is 8.41. The highest BCUT2D eigenvalue weighted by Crippen LogP contribution is 2.45. The first-order chi connectivity index (χ1) is 11.2. The van der Waals surface area contributed by atoms with Gasteiger partial charge in [0, 0.05) is 12.1 Å². The van der Waals surface area contributed by atoms with E-state index >= 15 is 0 Å². The van der Waals surface area contributed by atoms with Crippen molar-refractivity contribution in [1.29, 1.82) is 0 Å². The summed E-state index contributed by atoms with van der Waals surface area (Å²) >= 11 is 0. The van der Waals surface area contributed by atoms with Gasteiger partial charge in [-0.1, -0.05) is 6.07 Å². The Balaban J connectivity index is 0.00000288. The van der Waals surface area contributed by atoms with E-state index in [9.17, 15) is 0 Å². The standard InChI is InChI=1S/C18H23NO4.ClH/c1-19-11-12-10-13(20-2)6-7-14(12)15-8-9-16(21-3)18(23-5)17(15)22-4;/h6-10,19H,11H2,1-5H3;1H. The fourth-order valence-corrected chi connectivity index (χ4v) is 2.61. The van der Waals surface area contributed by atoms with Gasteiger partial charge in [-0.15, -0.1) is 12.4 Å². The molecule has 2 rings (SSSR count). The molecule has 0 aliphatic carbocycles. The summed E-state index contributed by atoms with van der Waals surface area (Å²) in [5.41, 5.74) is 3.10. The molecule has 0 aliphatic rings. The van der Waals surface area contributed by atoms with Crippen molar-refractivity contribution in [1.82, 2.24) is 5.32 Å². The lowest BCUT2D eigenvalue weighted by molar-refractivity contribution is 0.325. The van der Waals surface area contributed by atoms with E-state index in [-0.39, 0.29) is 12.4 Å². The van der Waals surface area contributed by atoms with Gasteiger partial charge in [-0.2, -0.15) is 0 Å². The minimum atomic E-state index is 0. The average molecular weight is 354 g/mol. The molecule has 1 N–H and O–H groups in total. The first kappa shape index (κ1) is 19.9. The summed E-state index contributed by atoms with van der Waals surface area (Å²) in [6, 6.07) is 9.83. The SMILES string of the molecule is CNCc1cc(OC)ccc1-c1ccc(OC)c(OC)c1OC.Cl. The third kappa shape index (κ3) is 3.86. The van der Waals surface area contributed by atoms with Gasteiger partial charge in [0.2, 0.25) is 5.75 Å². The van der Waals surface area contributed by atoms with Crippen molar-refractivity contribution in [2.24, 2.45) is 0 Å².